The van der Waals surface area contributed by atoms with Gasteiger partial charge in [0.2, 0.25) is 5.91 Å². The van der Waals surface area contributed by atoms with Gasteiger partial charge in [0.15, 0.2) is 0 Å². The van der Waals surface area contributed by atoms with E-state index in [-0.39, 0.29) is 24.7 Å². The van der Waals surface area contributed by atoms with Crippen LogP contribution < -0.4 is 15.5 Å². The molecule has 7 heteroatoms. The highest BCUT2D eigenvalue weighted by molar-refractivity contribution is 5.92. The van der Waals surface area contributed by atoms with Crippen molar-refractivity contribution in [2.24, 2.45) is 0 Å². The molecular weight excluding hydrogens is 308 g/mol. The number of morpholine rings is 1. The summed E-state index contributed by atoms with van der Waals surface area (Å²) in [6.07, 6.45) is 0.401. The third kappa shape index (κ3) is 5.13. The van der Waals surface area contributed by atoms with Crippen molar-refractivity contribution < 1.29 is 14.3 Å². The molecule has 0 aliphatic carbocycles. The predicted octanol–water partition coefficient (Wildman–Crippen LogP) is 1.51. The van der Waals surface area contributed by atoms with E-state index in [0.717, 1.165) is 18.8 Å². The SMILES string of the molecule is C[C@H]1CN(c2ccc(NC(=O)NCC(=O)N(C)C)cc2)C[C@H](C)O1. The maximum atomic E-state index is 11.8. The molecule has 0 aromatic heterocycles. The lowest BCUT2D eigenvalue weighted by Gasteiger charge is -2.36. The zero-order valence-electron chi connectivity index (χ0n) is 14.7. The number of hydrogen-bond donors (Lipinski definition) is 2. The zero-order chi connectivity index (χ0) is 17.7. The Morgan fingerprint density at radius 1 is 1.17 bits per heavy atom. The molecule has 24 heavy (non-hydrogen) atoms. The summed E-state index contributed by atoms with van der Waals surface area (Å²) >= 11 is 0. The van der Waals surface area contributed by atoms with Gasteiger partial charge in [-0.2, -0.15) is 0 Å². The van der Waals surface area contributed by atoms with E-state index in [2.05, 4.69) is 29.4 Å². The summed E-state index contributed by atoms with van der Waals surface area (Å²) < 4.78 is 5.74. The second kappa shape index (κ2) is 8.01. The Kier molecular flexibility index (Phi) is 6.03. The van der Waals surface area contributed by atoms with E-state index in [1.807, 2.05) is 24.3 Å². The van der Waals surface area contributed by atoms with Gasteiger partial charge in [0.1, 0.15) is 0 Å². The first kappa shape index (κ1) is 18.1. The molecule has 3 amide bonds. The number of amides is 3. The summed E-state index contributed by atoms with van der Waals surface area (Å²) in [6, 6.07) is 7.27. The van der Waals surface area contributed by atoms with Gasteiger partial charge in [-0.25, -0.2) is 4.79 Å². The number of carbonyl (C=O) groups is 2. The van der Waals surface area contributed by atoms with Crippen molar-refractivity contribution in [1.82, 2.24) is 10.2 Å². The summed E-state index contributed by atoms with van der Waals surface area (Å²) in [5.74, 6) is -0.156. The Labute approximate surface area is 142 Å². The minimum atomic E-state index is -0.397. The Morgan fingerprint density at radius 3 is 2.29 bits per heavy atom. The van der Waals surface area contributed by atoms with Gasteiger partial charge < -0.3 is 25.2 Å². The lowest BCUT2D eigenvalue weighted by molar-refractivity contribution is -0.127. The fourth-order valence-electron chi connectivity index (χ4n) is 2.63. The quantitative estimate of drug-likeness (QED) is 0.875. The number of carbonyl (C=O) groups excluding carboxylic acids is 2. The van der Waals surface area contributed by atoms with Crippen LogP contribution in [-0.4, -0.2) is 62.8 Å². The van der Waals surface area contributed by atoms with Crippen LogP contribution in [0.1, 0.15) is 13.8 Å². The summed E-state index contributed by atoms with van der Waals surface area (Å²) in [6.45, 7) is 5.81. The van der Waals surface area contributed by atoms with Gasteiger partial charge in [-0.05, 0) is 38.1 Å². The number of nitrogens with zero attached hydrogens (tertiary/aromatic N) is 2. The fourth-order valence-corrected chi connectivity index (χ4v) is 2.63. The molecule has 1 aromatic rings. The highest BCUT2D eigenvalue weighted by atomic mass is 16.5. The average molecular weight is 334 g/mol. The Morgan fingerprint density at radius 2 is 1.75 bits per heavy atom. The molecule has 1 fully saturated rings. The van der Waals surface area contributed by atoms with Gasteiger partial charge in [0.25, 0.3) is 0 Å². The first-order valence-electron chi connectivity index (χ1n) is 8.10. The smallest absolute Gasteiger partial charge is 0.319 e. The van der Waals surface area contributed by atoms with Gasteiger partial charge in [0, 0.05) is 38.6 Å². The van der Waals surface area contributed by atoms with Crippen LogP contribution in [0.4, 0.5) is 16.2 Å². The van der Waals surface area contributed by atoms with Crippen molar-refractivity contribution in [3.63, 3.8) is 0 Å². The first-order valence-corrected chi connectivity index (χ1v) is 8.10. The third-order valence-corrected chi connectivity index (χ3v) is 3.81. The second-order valence-corrected chi connectivity index (χ2v) is 6.31. The highest BCUT2D eigenvalue weighted by Gasteiger charge is 2.22. The van der Waals surface area contributed by atoms with E-state index >= 15 is 0 Å². The third-order valence-electron chi connectivity index (χ3n) is 3.81. The van der Waals surface area contributed by atoms with Crippen LogP contribution in [0.5, 0.6) is 0 Å². The number of anilines is 2. The molecule has 2 rings (SSSR count). The van der Waals surface area contributed by atoms with Crippen molar-refractivity contribution in [2.75, 3.05) is 43.9 Å². The van der Waals surface area contributed by atoms with Crippen LogP contribution in [0.3, 0.4) is 0 Å². The summed E-state index contributed by atoms with van der Waals surface area (Å²) in [4.78, 5) is 26.9. The highest BCUT2D eigenvalue weighted by Crippen LogP contribution is 2.22. The molecule has 1 aromatic carbocycles. The molecular formula is C17H26N4O3. The molecule has 1 saturated heterocycles. The maximum Gasteiger partial charge on any atom is 0.319 e. The second-order valence-electron chi connectivity index (χ2n) is 6.31. The summed E-state index contributed by atoms with van der Waals surface area (Å²) in [5, 5.41) is 5.25. The van der Waals surface area contributed by atoms with Crippen LogP contribution in [0.15, 0.2) is 24.3 Å². The average Bonchev–Trinajstić information content (AvgIpc) is 2.52. The van der Waals surface area contributed by atoms with E-state index in [0.29, 0.717) is 5.69 Å². The summed E-state index contributed by atoms with van der Waals surface area (Å²) in [5.41, 5.74) is 1.79. The van der Waals surface area contributed by atoms with Crippen molar-refractivity contribution in [2.45, 2.75) is 26.1 Å². The van der Waals surface area contributed by atoms with Gasteiger partial charge >= 0.3 is 6.03 Å². The number of ether oxygens (including phenoxy) is 1. The molecule has 2 N–H and O–H groups in total. The fraction of sp³-hybridized carbons (Fsp3) is 0.529. The number of likely N-dealkylation sites (N-methyl/N-ethyl adjacent to an activating group) is 1. The normalized spacial score (nSPS) is 20.4. The molecule has 132 valence electrons. The predicted molar refractivity (Wildman–Crippen MR) is 94.4 cm³/mol. The number of hydrogen-bond acceptors (Lipinski definition) is 4. The van der Waals surface area contributed by atoms with Gasteiger partial charge in [-0.1, -0.05) is 0 Å². The van der Waals surface area contributed by atoms with Crippen LogP contribution in [0.2, 0.25) is 0 Å². The Bertz CT molecular complexity index is 564. The topological polar surface area (TPSA) is 73.9 Å². The number of benzene rings is 1. The van der Waals surface area contributed by atoms with Crippen LogP contribution >= 0.6 is 0 Å². The summed E-state index contributed by atoms with van der Waals surface area (Å²) in [7, 11) is 3.29. The lowest BCUT2D eigenvalue weighted by Crippen LogP contribution is -2.45. The molecule has 0 radical (unpaired) electrons. The molecule has 1 heterocycles. The van der Waals surface area contributed by atoms with Gasteiger partial charge in [-0.15, -0.1) is 0 Å². The number of urea groups is 1. The molecule has 2 atom stereocenters. The van der Waals surface area contributed by atoms with Crippen molar-refractivity contribution in [3.8, 4) is 0 Å². The Hall–Kier alpha value is -2.28. The van der Waals surface area contributed by atoms with E-state index in [1.54, 1.807) is 14.1 Å². The molecule has 7 nitrogen and oxygen atoms in total. The largest absolute Gasteiger partial charge is 0.372 e. The molecule has 0 spiro atoms. The molecule has 0 bridgehead atoms. The Balaban J connectivity index is 1.87. The van der Waals surface area contributed by atoms with E-state index < -0.39 is 6.03 Å². The number of nitrogens with one attached hydrogen (secondary N) is 2. The first-order chi connectivity index (χ1) is 11.3. The monoisotopic (exact) mass is 334 g/mol. The maximum absolute atomic E-state index is 11.8. The van der Waals surface area contributed by atoms with Crippen LogP contribution in [0, 0.1) is 0 Å². The van der Waals surface area contributed by atoms with Crippen molar-refractivity contribution >= 4 is 23.3 Å². The molecule has 0 unspecified atom stereocenters. The minimum absolute atomic E-state index is 0.0273. The molecule has 1 aliphatic rings. The van der Waals surface area contributed by atoms with Crippen LogP contribution in [0.25, 0.3) is 0 Å². The molecule has 0 saturated carbocycles. The van der Waals surface area contributed by atoms with E-state index in [4.69, 9.17) is 4.74 Å². The number of rotatable bonds is 4. The van der Waals surface area contributed by atoms with Crippen LogP contribution in [-0.2, 0) is 9.53 Å². The van der Waals surface area contributed by atoms with Gasteiger partial charge in [0.05, 0.1) is 18.8 Å². The molecule has 1 aliphatic heterocycles. The zero-order valence-corrected chi connectivity index (χ0v) is 14.7. The van der Waals surface area contributed by atoms with Crippen molar-refractivity contribution in [3.05, 3.63) is 24.3 Å². The standard InChI is InChI=1S/C17H26N4O3/c1-12-10-21(11-13(2)24-12)15-7-5-14(6-8-15)19-17(23)18-9-16(22)20(3)4/h5-8,12-13H,9-11H2,1-4H3,(H2,18,19,23)/t12-,13-/m0/s1. The van der Waals surface area contributed by atoms with Gasteiger partial charge in [-0.3, -0.25) is 4.79 Å². The minimum Gasteiger partial charge on any atom is -0.372 e. The van der Waals surface area contributed by atoms with Crippen molar-refractivity contribution in [1.29, 1.82) is 0 Å². The van der Waals surface area contributed by atoms with E-state index in [1.165, 1.54) is 4.90 Å². The lowest BCUT2D eigenvalue weighted by atomic mass is 10.2. The van der Waals surface area contributed by atoms with E-state index in [9.17, 15) is 9.59 Å².